The molecule has 112 valence electrons. The van der Waals surface area contributed by atoms with Gasteiger partial charge >= 0.3 is 0 Å². The van der Waals surface area contributed by atoms with E-state index in [0.717, 1.165) is 0 Å². The fourth-order valence-corrected chi connectivity index (χ4v) is 2.43. The van der Waals surface area contributed by atoms with Gasteiger partial charge in [-0.25, -0.2) is 22.0 Å². The SMILES string of the molecule is Fc1c(F)c(F)c(C(Cl)Cc2ccccc2Cl)c(F)c1F. The van der Waals surface area contributed by atoms with Crippen LogP contribution in [0.1, 0.15) is 16.5 Å². The maximum atomic E-state index is 13.6. The van der Waals surface area contributed by atoms with E-state index in [9.17, 15) is 22.0 Å². The summed E-state index contributed by atoms with van der Waals surface area (Å²) in [4.78, 5) is 0. The minimum atomic E-state index is -2.21. The Balaban J connectivity index is 2.45. The van der Waals surface area contributed by atoms with Crippen LogP contribution in [0.15, 0.2) is 24.3 Å². The average Bonchev–Trinajstić information content (AvgIpc) is 2.46. The Morgan fingerprint density at radius 2 is 1.29 bits per heavy atom. The van der Waals surface area contributed by atoms with E-state index in [0.29, 0.717) is 5.56 Å². The molecular weight excluding hydrogens is 334 g/mol. The lowest BCUT2D eigenvalue weighted by Gasteiger charge is -2.14. The topological polar surface area (TPSA) is 0 Å². The van der Waals surface area contributed by atoms with Gasteiger partial charge in [0.2, 0.25) is 5.82 Å². The van der Waals surface area contributed by atoms with Gasteiger partial charge in [0.1, 0.15) is 0 Å². The van der Waals surface area contributed by atoms with Crippen molar-refractivity contribution < 1.29 is 22.0 Å². The predicted octanol–water partition coefficient (Wildman–Crippen LogP) is 5.56. The summed E-state index contributed by atoms with van der Waals surface area (Å²) in [6.07, 6.45) is -0.181. The quantitative estimate of drug-likeness (QED) is 0.297. The first-order valence-corrected chi connectivity index (χ1v) is 6.54. The molecule has 0 aliphatic rings. The van der Waals surface area contributed by atoms with Gasteiger partial charge in [0.25, 0.3) is 0 Å². The molecule has 0 heterocycles. The standard InChI is InChI=1S/C14H7Cl2F5/c15-7-4-2-1-3-6(7)5-8(16)9-10(17)12(19)14(21)13(20)11(9)18/h1-4,8H,5H2. The number of rotatable bonds is 3. The van der Waals surface area contributed by atoms with Gasteiger partial charge < -0.3 is 0 Å². The minimum Gasteiger partial charge on any atom is -0.203 e. The van der Waals surface area contributed by atoms with E-state index < -0.39 is 40.0 Å². The summed E-state index contributed by atoms with van der Waals surface area (Å²) in [6.45, 7) is 0. The number of halogens is 7. The third-order valence-electron chi connectivity index (χ3n) is 2.91. The zero-order valence-corrected chi connectivity index (χ0v) is 11.8. The number of alkyl halides is 1. The summed E-state index contributed by atoms with van der Waals surface area (Å²) in [5.74, 6) is -10.1. The van der Waals surface area contributed by atoms with E-state index in [1.54, 1.807) is 18.2 Å². The van der Waals surface area contributed by atoms with Crippen molar-refractivity contribution in [3.05, 3.63) is 69.5 Å². The molecule has 0 N–H and O–H groups in total. The second-order valence-corrected chi connectivity index (χ2v) is 5.18. The van der Waals surface area contributed by atoms with E-state index in [1.165, 1.54) is 6.07 Å². The Morgan fingerprint density at radius 3 is 1.81 bits per heavy atom. The third-order valence-corrected chi connectivity index (χ3v) is 3.66. The lowest BCUT2D eigenvalue weighted by atomic mass is 10.0. The lowest BCUT2D eigenvalue weighted by Crippen LogP contribution is -2.10. The molecule has 0 spiro atoms. The van der Waals surface area contributed by atoms with E-state index in [2.05, 4.69) is 0 Å². The predicted molar refractivity (Wildman–Crippen MR) is 70.0 cm³/mol. The molecule has 2 aromatic rings. The highest BCUT2D eigenvalue weighted by molar-refractivity contribution is 6.31. The highest BCUT2D eigenvalue weighted by atomic mass is 35.5. The Labute approximate surface area is 127 Å². The molecule has 0 aliphatic heterocycles. The van der Waals surface area contributed by atoms with Gasteiger partial charge in [-0.2, -0.15) is 0 Å². The second-order valence-electron chi connectivity index (χ2n) is 4.25. The molecule has 7 heteroatoms. The van der Waals surface area contributed by atoms with E-state index in [-0.39, 0.29) is 11.4 Å². The first kappa shape index (κ1) is 16.0. The lowest BCUT2D eigenvalue weighted by molar-refractivity contribution is 0.369. The first-order chi connectivity index (χ1) is 9.84. The van der Waals surface area contributed by atoms with Crippen molar-refractivity contribution >= 4 is 23.2 Å². The normalized spacial score (nSPS) is 12.5. The van der Waals surface area contributed by atoms with Crippen LogP contribution in [0, 0.1) is 29.1 Å². The van der Waals surface area contributed by atoms with Crippen molar-refractivity contribution in [3.63, 3.8) is 0 Å². The van der Waals surface area contributed by atoms with Crippen molar-refractivity contribution in [2.75, 3.05) is 0 Å². The summed E-state index contributed by atoms with van der Waals surface area (Å²) in [6, 6.07) is 6.32. The highest BCUT2D eigenvalue weighted by Crippen LogP contribution is 2.34. The minimum absolute atomic E-state index is 0.181. The van der Waals surface area contributed by atoms with Crippen LogP contribution in [0.2, 0.25) is 5.02 Å². The van der Waals surface area contributed by atoms with Gasteiger partial charge in [-0.1, -0.05) is 29.8 Å². The molecule has 0 saturated heterocycles. The van der Waals surface area contributed by atoms with Gasteiger partial charge in [0.05, 0.1) is 5.38 Å². The summed E-state index contributed by atoms with van der Waals surface area (Å²) in [7, 11) is 0. The second kappa shape index (κ2) is 6.20. The van der Waals surface area contributed by atoms with Crippen molar-refractivity contribution in [3.8, 4) is 0 Å². The summed E-state index contributed by atoms with van der Waals surface area (Å²) < 4.78 is 66.5. The number of hydrogen-bond donors (Lipinski definition) is 0. The smallest absolute Gasteiger partial charge is 0.200 e. The molecule has 0 nitrogen and oxygen atoms in total. The Morgan fingerprint density at radius 1 is 0.810 bits per heavy atom. The number of benzene rings is 2. The van der Waals surface area contributed by atoms with Crippen LogP contribution in [-0.2, 0) is 6.42 Å². The van der Waals surface area contributed by atoms with E-state index in [4.69, 9.17) is 23.2 Å². The van der Waals surface area contributed by atoms with Crippen molar-refractivity contribution in [2.24, 2.45) is 0 Å². The maximum Gasteiger partial charge on any atom is 0.200 e. The molecule has 2 rings (SSSR count). The van der Waals surface area contributed by atoms with Gasteiger partial charge in [-0.3, -0.25) is 0 Å². The van der Waals surface area contributed by atoms with E-state index in [1.807, 2.05) is 0 Å². The molecule has 0 aromatic heterocycles. The summed E-state index contributed by atoms with van der Waals surface area (Å²) >= 11 is 11.7. The Bertz CT molecular complexity index is 658. The molecule has 1 unspecified atom stereocenters. The van der Waals surface area contributed by atoms with Crippen molar-refractivity contribution in [2.45, 2.75) is 11.8 Å². The van der Waals surface area contributed by atoms with Crippen LogP contribution in [-0.4, -0.2) is 0 Å². The molecule has 21 heavy (non-hydrogen) atoms. The van der Waals surface area contributed by atoms with Gasteiger partial charge in [0.15, 0.2) is 23.3 Å². The molecule has 0 saturated carbocycles. The van der Waals surface area contributed by atoms with Gasteiger partial charge in [-0.15, -0.1) is 11.6 Å². The van der Waals surface area contributed by atoms with Gasteiger partial charge in [0, 0.05) is 10.6 Å². The molecule has 1 atom stereocenters. The summed E-state index contributed by atoms with van der Waals surface area (Å²) in [5.41, 5.74) is -0.629. The molecular formula is C14H7Cl2F5. The molecule has 0 amide bonds. The third kappa shape index (κ3) is 2.99. The maximum absolute atomic E-state index is 13.6. The molecule has 0 bridgehead atoms. The van der Waals surface area contributed by atoms with Gasteiger partial charge in [-0.05, 0) is 18.1 Å². The first-order valence-electron chi connectivity index (χ1n) is 5.73. The Hall–Kier alpha value is -1.33. The highest BCUT2D eigenvalue weighted by Gasteiger charge is 2.29. The van der Waals surface area contributed by atoms with Crippen LogP contribution >= 0.6 is 23.2 Å². The largest absolute Gasteiger partial charge is 0.203 e. The van der Waals surface area contributed by atoms with Crippen molar-refractivity contribution in [1.29, 1.82) is 0 Å². The van der Waals surface area contributed by atoms with Crippen LogP contribution in [0.25, 0.3) is 0 Å². The molecule has 0 aliphatic carbocycles. The van der Waals surface area contributed by atoms with E-state index >= 15 is 0 Å². The van der Waals surface area contributed by atoms with Crippen molar-refractivity contribution in [1.82, 2.24) is 0 Å². The number of hydrogen-bond acceptors (Lipinski definition) is 0. The zero-order valence-electron chi connectivity index (χ0n) is 10.2. The fourth-order valence-electron chi connectivity index (χ4n) is 1.86. The van der Waals surface area contributed by atoms with Crippen LogP contribution in [0.4, 0.5) is 22.0 Å². The zero-order chi connectivity index (χ0) is 15.7. The summed E-state index contributed by atoms with van der Waals surface area (Å²) in [5, 5.41) is -1.17. The monoisotopic (exact) mass is 340 g/mol. The Kier molecular flexibility index (Phi) is 4.74. The fraction of sp³-hybridized carbons (Fsp3) is 0.143. The molecule has 2 aromatic carbocycles. The van der Waals surface area contributed by atoms with Crippen LogP contribution in [0.3, 0.4) is 0 Å². The molecule has 0 radical (unpaired) electrons. The average molecular weight is 341 g/mol. The molecule has 0 fully saturated rings. The van der Waals surface area contributed by atoms with Crippen LogP contribution in [0.5, 0.6) is 0 Å². The van der Waals surface area contributed by atoms with Crippen LogP contribution < -0.4 is 0 Å².